The second-order valence-corrected chi connectivity index (χ2v) is 7.94. The van der Waals surface area contributed by atoms with Gasteiger partial charge >= 0.3 is 12.1 Å². The zero-order valence-corrected chi connectivity index (χ0v) is 16.4. The first-order chi connectivity index (χ1) is 13.2. The van der Waals surface area contributed by atoms with Crippen LogP contribution in [-0.4, -0.2) is 41.9 Å². The number of aryl methyl sites for hydroxylation is 2. The molecule has 8 nitrogen and oxygen atoms in total. The fraction of sp³-hybridized carbons (Fsp3) is 0.500. The molecule has 8 heteroatoms. The molecule has 1 fully saturated rings. The molecule has 1 aromatic carbocycles. The minimum Gasteiger partial charge on any atom is -0.338 e. The third-order valence-electron chi connectivity index (χ3n) is 5.18. The predicted molar refractivity (Wildman–Crippen MR) is 102 cm³/mol. The molecule has 0 radical (unpaired) electrons. The summed E-state index contributed by atoms with van der Waals surface area (Å²) in [4.78, 5) is 49.9. The summed E-state index contributed by atoms with van der Waals surface area (Å²) < 4.78 is 0. The molecular weight excluding hydrogens is 360 g/mol. The number of imide groups is 2. The number of hydrogen-bond donors (Lipinski definition) is 3. The Morgan fingerprint density at radius 1 is 1.21 bits per heavy atom. The molecule has 150 valence electrons. The van der Waals surface area contributed by atoms with Gasteiger partial charge in [-0.15, -0.1) is 0 Å². The summed E-state index contributed by atoms with van der Waals surface area (Å²) in [6, 6.07) is 4.52. The predicted octanol–water partition coefficient (Wildman–Crippen LogP) is 1.42. The van der Waals surface area contributed by atoms with E-state index in [-0.39, 0.29) is 5.92 Å². The normalized spacial score (nSPS) is 20.9. The number of fused-ring (bicyclic) bond motifs is 1. The summed E-state index contributed by atoms with van der Waals surface area (Å²) in [5.41, 5.74) is 1.94. The number of rotatable bonds is 5. The lowest BCUT2D eigenvalue weighted by molar-refractivity contribution is -0.134. The van der Waals surface area contributed by atoms with Crippen LogP contribution in [0.15, 0.2) is 18.2 Å². The van der Waals surface area contributed by atoms with Crippen molar-refractivity contribution >= 4 is 23.9 Å². The van der Waals surface area contributed by atoms with Gasteiger partial charge < -0.3 is 10.6 Å². The zero-order chi connectivity index (χ0) is 20.5. The van der Waals surface area contributed by atoms with Gasteiger partial charge in [0.2, 0.25) is 5.91 Å². The highest BCUT2D eigenvalue weighted by molar-refractivity contribution is 6.10. The maximum absolute atomic E-state index is 12.9. The van der Waals surface area contributed by atoms with E-state index in [1.807, 2.05) is 32.0 Å². The van der Waals surface area contributed by atoms with Crippen LogP contribution in [0.4, 0.5) is 9.59 Å². The topological polar surface area (TPSA) is 108 Å². The number of nitrogens with zero attached hydrogens (tertiary/aromatic N) is 1. The lowest BCUT2D eigenvalue weighted by Gasteiger charge is -2.23. The molecule has 0 spiro atoms. The fourth-order valence-electron chi connectivity index (χ4n) is 3.57. The minimum absolute atomic E-state index is 0.236. The van der Waals surface area contributed by atoms with Crippen molar-refractivity contribution in [1.82, 2.24) is 20.9 Å². The number of benzene rings is 1. The SMILES string of the molecule is CC(C)CNC(=O)NC(=O)CN1C(=O)N[C@](C)(c2ccc3c(c2)CCC3)C1=O. The number of carbonyl (C=O) groups is 4. The van der Waals surface area contributed by atoms with E-state index in [0.717, 1.165) is 24.2 Å². The Balaban J connectivity index is 1.68. The van der Waals surface area contributed by atoms with Gasteiger partial charge in [0, 0.05) is 6.54 Å². The number of nitrogens with one attached hydrogen (secondary N) is 3. The van der Waals surface area contributed by atoms with Crippen LogP contribution in [0.2, 0.25) is 0 Å². The molecule has 3 N–H and O–H groups in total. The highest BCUT2D eigenvalue weighted by Crippen LogP contribution is 2.32. The molecule has 1 saturated heterocycles. The van der Waals surface area contributed by atoms with Crippen molar-refractivity contribution in [3.8, 4) is 0 Å². The van der Waals surface area contributed by atoms with Crippen LogP contribution in [0.3, 0.4) is 0 Å². The Morgan fingerprint density at radius 2 is 1.93 bits per heavy atom. The van der Waals surface area contributed by atoms with Crippen LogP contribution in [0.5, 0.6) is 0 Å². The summed E-state index contributed by atoms with van der Waals surface area (Å²) in [6.45, 7) is 5.39. The molecule has 1 aromatic rings. The van der Waals surface area contributed by atoms with E-state index in [9.17, 15) is 19.2 Å². The Morgan fingerprint density at radius 3 is 2.64 bits per heavy atom. The minimum atomic E-state index is -1.23. The van der Waals surface area contributed by atoms with Crippen LogP contribution in [0.1, 0.15) is 43.9 Å². The lowest BCUT2D eigenvalue weighted by Crippen LogP contribution is -2.47. The molecule has 1 atom stereocenters. The van der Waals surface area contributed by atoms with Crippen molar-refractivity contribution in [2.75, 3.05) is 13.1 Å². The summed E-state index contributed by atoms with van der Waals surface area (Å²) in [5, 5.41) is 7.39. The standard InChI is InChI=1S/C20H26N4O4/c1-12(2)10-21-18(27)22-16(25)11-24-17(26)20(3,23-19(24)28)15-8-7-13-5-4-6-14(13)9-15/h7-9,12H,4-6,10-11H2,1-3H3,(H,23,28)(H2,21,22,25,27)/t20-/m1/s1. The van der Waals surface area contributed by atoms with Gasteiger partial charge in [-0.3, -0.25) is 19.8 Å². The molecule has 28 heavy (non-hydrogen) atoms. The van der Waals surface area contributed by atoms with Crippen molar-refractivity contribution in [1.29, 1.82) is 0 Å². The number of hydrogen-bond acceptors (Lipinski definition) is 4. The number of urea groups is 2. The Labute approximate surface area is 164 Å². The number of carbonyl (C=O) groups excluding carboxylic acids is 4. The monoisotopic (exact) mass is 386 g/mol. The van der Waals surface area contributed by atoms with Gasteiger partial charge in [0.25, 0.3) is 5.91 Å². The second-order valence-electron chi connectivity index (χ2n) is 7.94. The van der Waals surface area contributed by atoms with Crippen molar-refractivity contribution in [3.05, 3.63) is 34.9 Å². The third kappa shape index (κ3) is 3.85. The van der Waals surface area contributed by atoms with Gasteiger partial charge in [0.15, 0.2) is 0 Å². The number of amides is 6. The largest absolute Gasteiger partial charge is 0.338 e. The quantitative estimate of drug-likeness (QED) is 0.665. The van der Waals surface area contributed by atoms with Gasteiger partial charge in [-0.2, -0.15) is 0 Å². The van der Waals surface area contributed by atoms with Crippen molar-refractivity contribution < 1.29 is 19.2 Å². The van der Waals surface area contributed by atoms with Crippen LogP contribution >= 0.6 is 0 Å². The molecule has 3 rings (SSSR count). The molecule has 0 saturated carbocycles. The Bertz CT molecular complexity index is 835. The van der Waals surface area contributed by atoms with Gasteiger partial charge in [0.05, 0.1) is 0 Å². The van der Waals surface area contributed by atoms with E-state index in [1.165, 1.54) is 11.1 Å². The summed E-state index contributed by atoms with van der Waals surface area (Å²) in [5.74, 6) is -0.990. The smallest absolute Gasteiger partial charge is 0.325 e. The molecule has 0 unspecified atom stereocenters. The van der Waals surface area contributed by atoms with E-state index in [4.69, 9.17) is 0 Å². The molecule has 0 aromatic heterocycles. The summed E-state index contributed by atoms with van der Waals surface area (Å²) in [7, 11) is 0. The van der Waals surface area contributed by atoms with Crippen LogP contribution in [0.25, 0.3) is 0 Å². The average Bonchev–Trinajstić information content (AvgIpc) is 3.18. The summed E-state index contributed by atoms with van der Waals surface area (Å²) in [6.07, 6.45) is 3.07. The molecule has 1 aliphatic heterocycles. The summed E-state index contributed by atoms with van der Waals surface area (Å²) >= 11 is 0. The van der Waals surface area contributed by atoms with E-state index in [2.05, 4.69) is 16.0 Å². The van der Waals surface area contributed by atoms with E-state index >= 15 is 0 Å². The third-order valence-corrected chi connectivity index (χ3v) is 5.18. The van der Waals surface area contributed by atoms with Gasteiger partial charge in [-0.25, -0.2) is 9.59 Å². The van der Waals surface area contributed by atoms with Gasteiger partial charge in [0.1, 0.15) is 12.1 Å². The van der Waals surface area contributed by atoms with Gasteiger partial charge in [-0.1, -0.05) is 32.0 Å². The van der Waals surface area contributed by atoms with Crippen LogP contribution < -0.4 is 16.0 Å². The lowest BCUT2D eigenvalue weighted by atomic mass is 9.89. The molecule has 1 heterocycles. The zero-order valence-electron chi connectivity index (χ0n) is 16.4. The second kappa shape index (κ2) is 7.61. The molecule has 2 aliphatic rings. The molecule has 0 bridgehead atoms. The first kappa shape index (κ1) is 19.9. The van der Waals surface area contributed by atoms with Crippen molar-refractivity contribution in [3.63, 3.8) is 0 Å². The fourth-order valence-corrected chi connectivity index (χ4v) is 3.57. The highest BCUT2D eigenvalue weighted by Gasteiger charge is 2.49. The molecular formula is C20H26N4O4. The Kier molecular flexibility index (Phi) is 5.40. The van der Waals surface area contributed by atoms with E-state index in [1.54, 1.807) is 6.92 Å². The van der Waals surface area contributed by atoms with Crippen LogP contribution in [0, 0.1) is 5.92 Å². The maximum Gasteiger partial charge on any atom is 0.325 e. The van der Waals surface area contributed by atoms with Gasteiger partial charge in [-0.05, 0) is 48.8 Å². The maximum atomic E-state index is 12.9. The van der Waals surface area contributed by atoms with E-state index in [0.29, 0.717) is 12.1 Å². The highest BCUT2D eigenvalue weighted by atomic mass is 16.2. The molecule has 1 aliphatic carbocycles. The van der Waals surface area contributed by atoms with Crippen molar-refractivity contribution in [2.24, 2.45) is 5.92 Å². The van der Waals surface area contributed by atoms with Crippen molar-refractivity contribution in [2.45, 2.75) is 45.6 Å². The first-order valence-corrected chi connectivity index (χ1v) is 9.55. The van der Waals surface area contributed by atoms with E-state index < -0.39 is 36.0 Å². The Hall–Kier alpha value is -2.90. The average molecular weight is 386 g/mol. The van der Waals surface area contributed by atoms with Crippen LogP contribution in [-0.2, 0) is 28.0 Å². The first-order valence-electron chi connectivity index (χ1n) is 9.55. The molecule has 6 amide bonds.